The fraction of sp³-hybridized carbons (Fsp3) is 0.773. The van der Waals surface area contributed by atoms with E-state index in [4.69, 9.17) is 13.9 Å². The van der Waals surface area contributed by atoms with Crippen molar-refractivity contribution in [3.8, 4) is 5.95 Å². The number of hydrogen-bond donors (Lipinski definition) is 0. The van der Waals surface area contributed by atoms with E-state index in [0.29, 0.717) is 23.7 Å². The number of methoxy groups -OCH3 is 2. The summed E-state index contributed by atoms with van der Waals surface area (Å²) in [6.07, 6.45) is 4.62. The molecule has 3 rings (SSSR count). The molecule has 1 atom stereocenters. The molecular formula is C22H37N3O4. The van der Waals surface area contributed by atoms with Crippen LogP contribution < -0.4 is 4.74 Å². The van der Waals surface area contributed by atoms with Crippen LogP contribution in [0.1, 0.15) is 43.2 Å². The number of hydrogen-bond acceptors (Lipinski definition) is 6. The SMILES string of the molecule is CCN1CCC[C@@H]1CN(CC1CCN(CCOC)CC1)C(=O)c1ccc(OC)o1. The fourth-order valence-electron chi connectivity index (χ4n) is 4.64. The van der Waals surface area contributed by atoms with Gasteiger partial charge in [0.2, 0.25) is 0 Å². The zero-order chi connectivity index (χ0) is 20.6. The van der Waals surface area contributed by atoms with Gasteiger partial charge in [-0.05, 0) is 63.8 Å². The van der Waals surface area contributed by atoms with Gasteiger partial charge < -0.3 is 23.7 Å². The van der Waals surface area contributed by atoms with Crippen molar-refractivity contribution in [2.45, 2.75) is 38.6 Å². The van der Waals surface area contributed by atoms with Gasteiger partial charge >= 0.3 is 0 Å². The van der Waals surface area contributed by atoms with E-state index in [9.17, 15) is 4.79 Å². The first-order chi connectivity index (χ1) is 14.1. The molecule has 1 amide bonds. The van der Waals surface area contributed by atoms with E-state index in [2.05, 4.69) is 16.7 Å². The summed E-state index contributed by atoms with van der Waals surface area (Å²) < 4.78 is 15.9. The van der Waals surface area contributed by atoms with E-state index in [1.807, 2.05) is 4.90 Å². The summed E-state index contributed by atoms with van der Waals surface area (Å²) in [4.78, 5) is 20.3. The lowest BCUT2D eigenvalue weighted by atomic mass is 9.95. The number of amides is 1. The predicted molar refractivity (Wildman–Crippen MR) is 112 cm³/mol. The zero-order valence-corrected chi connectivity index (χ0v) is 18.3. The van der Waals surface area contributed by atoms with Gasteiger partial charge in [-0.15, -0.1) is 0 Å². The van der Waals surface area contributed by atoms with Crippen LogP contribution in [0.3, 0.4) is 0 Å². The predicted octanol–water partition coefficient (Wildman–Crippen LogP) is 2.57. The Morgan fingerprint density at radius 3 is 2.62 bits per heavy atom. The van der Waals surface area contributed by atoms with Crippen LogP contribution >= 0.6 is 0 Å². The molecular weight excluding hydrogens is 370 g/mol. The Morgan fingerprint density at radius 2 is 1.97 bits per heavy atom. The highest BCUT2D eigenvalue weighted by Crippen LogP contribution is 2.24. The van der Waals surface area contributed by atoms with E-state index in [1.165, 1.54) is 6.42 Å². The highest BCUT2D eigenvalue weighted by molar-refractivity contribution is 5.91. The first-order valence-corrected chi connectivity index (χ1v) is 11.0. The van der Waals surface area contributed by atoms with Gasteiger partial charge in [0.15, 0.2) is 5.76 Å². The number of ether oxygens (including phenoxy) is 2. The second-order valence-corrected chi connectivity index (χ2v) is 8.24. The molecule has 0 bridgehead atoms. The molecule has 7 nitrogen and oxygen atoms in total. The Labute approximate surface area is 174 Å². The Morgan fingerprint density at radius 1 is 1.17 bits per heavy atom. The minimum Gasteiger partial charge on any atom is -0.468 e. The lowest BCUT2D eigenvalue weighted by molar-refractivity contribution is 0.0582. The molecule has 1 aromatic heterocycles. The molecule has 164 valence electrons. The first kappa shape index (κ1) is 22.1. The molecule has 2 fully saturated rings. The van der Waals surface area contributed by atoms with Gasteiger partial charge in [-0.1, -0.05) is 6.92 Å². The monoisotopic (exact) mass is 407 g/mol. The van der Waals surface area contributed by atoms with Crippen LogP contribution in [0.25, 0.3) is 0 Å². The van der Waals surface area contributed by atoms with E-state index < -0.39 is 0 Å². The summed E-state index contributed by atoms with van der Waals surface area (Å²) in [5, 5.41) is 0. The quantitative estimate of drug-likeness (QED) is 0.594. The van der Waals surface area contributed by atoms with E-state index in [0.717, 1.165) is 71.7 Å². The van der Waals surface area contributed by atoms with Gasteiger partial charge in [0.1, 0.15) is 0 Å². The van der Waals surface area contributed by atoms with Crippen LogP contribution in [0, 0.1) is 5.92 Å². The third-order valence-electron chi connectivity index (χ3n) is 6.41. The van der Waals surface area contributed by atoms with Gasteiger partial charge in [0.25, 0.3) is 11.9 Å². The molecule has 7 heteroatoms. The molecule has 3 heterocycles. The van der Waals surface area contributed by atoms with Gasteiger partial charge in [-0.2, -0.15) is 0 Å². The molecule has 1 aromatic rings. The lowest BCUT2D eigenvalue weighted by Gasteiger charge is -2.36. The molecule has 0 spiro atoms. The summed E-state index contributed by atoms with van der Waals surface area (Å²) in [7, 11) is 3.31. The Balaban J connectivity index is 1.63. The fourth-order valence-corrected chi connectivity index (χ4v) is 4.64. The number of carbonyl (C=O) groups is 1. The van der Waals surface area contributed by atoms with Gasteiger partial charge in [-0.3, -0.25) is 9.69 Å². The van der Waals surface area contributed by atoms with Crippen LogP contribution in [-0.2, 0) is 4.74 Å². The number of nitrogens with zero attached hydrogens (tertiary/aromatic N) is 3. The maximum absolute atomic E-state index is 13.3. The minimum atomic E-state index is -0.0157. The number of rotatable bonds is 10. The number of furan rings is 1. The zero-order valence-electron chi connectivity index (χ0n) is 18.3. The van der Waals surface area contributed by atoms with Crippen LogP contribution in [0.5, 0.6) is 5.95 Å². The van der Waals surface area contributed by atoms with Crippen molar-refractivity contribution in [2.24, 2.45) is 5.92 Å². The second kappa shape index (κ2) is 11.0. The molecule has 2 saturated heterocycles. The normalized spacial score (nSPS) is 21.6. The van der Waals surface area contributed by atoms with Crippen LogP contribution in [0.2, 0.25) is 0 Å². The highest BCUT2D eigenvalue weighted by Gasteiger charge is 2.31. The molecule has 0 unspecified atom stereocenters. The molecule has 2 aliphatic rings. The standard InChI is InChI=1S/C22H37N3O4/c1-4-24-11-5-6-19(24)17-25(22(26)20-7-8-21(28-3)29-20)16-18-9-12-23(13-10-18)14-15-27-2/h7-8,18-19H,4-6,9-17H2,1-3H3/t19-/m1/s1. The Bertz CT molecular complexity index is 627. The summed E-state index contributed by atoms with van der Waals surface area (Å²) in [6.45, 7) is 9.89. The molecule has 2 aliphatic heterocycles. The number of likely N-dealkylation sites (tertiary alicyclic amines) is 2. The summed E-state index contributed by atoms with van der Waals surface area (Å²) in [5.74, 6) is 1.28. The van der Waals surface area contributed by atoms with Gasteiger partial charge in [0, 0.05) is 38.9 Å². The maximum Gasteiger partial charge on any atom is 0.289 e. The molecule has 0 aromatic carbocycles. The highest BCUT2D eigenvalue weighted by atomic mass is 16.6. The smallest absolute Gasteiger partial charge is 0.289 e. The van der Waals surface area contributed by atoms with Crippen molar-refractivity contribution in [1.29, 1.82) is 0 Å². The van der Waals surface area contributed by atoms with Crippen molar-refractivity contribution in [3.05, 3.63) is 17.9 Å². The number of piperidine rings is 1. The molecule has 29 heavy (non-hydrogen) atoms. The molecule has 0 radical (unpaired) electrons. The minimum absolute atomic E-state index is 0.0157. The molecule has 0 aliphatic carbocycles. The Kier molecular flexibility index (Phi) is 8.39. The van der Waals surface area contributed by atoms with Gasteiger partial charge in [-0.25, -0.2) is 0 Å². The largest absolute Gasteiger partial charge is 0.468 e. The van der Waals surface area contributed by atoms with Crippen LogP contribution in [0.15, 0.2) is 16.5 Å². The number of likely N-dealkylation sites (N-methyl/N-ethyl adjacent to an activating group) is 1. The van der Waals surface area contributed by atoms with Crippen molar-refractivity contribution >= 4 is 5.91 Å². The molecule has 0 N–H and O–H groups in total. The summed E-state index contributed by atoms with van der Waals surface area (Å²) in [6, 6.07) is 3.89. The van der Waals surface area contributed by atoms with Crippen molar-refractivity contribution < 1.29 is 18.7 Å². The average Bonchev–Trinajstić information content (AvgIpc) is 3.41. The summed E-state index contributed by atoms with van der Waals surface area (Å²) >= 11 is 0. The second-order valence-electron chi connectivity index (χ2n) is 8.24. The van der Waals surface area contributed by atoms with E-state index in [1.54, 1.807) is 26.4 Å². The van der Waals surface area contributed by atoms with Crippen LogP contribution in [0.4, 0.5) is 0 Å². The number of carbonyl (C=O) groups excluding carboxylic acids is 1. The average molecular weight is 408 g/mol. The Hall–Kier alpha value is -1.57. The van der Waals surface area contributed by atoms with Gasteiger partial charge in [0.05, 0.1) is 13.7 Å². The topological polar surface area (TPSA) is 58.4 Å². The first-order valence-electron chi connectivity index (χ1n) is 11.0. The van der Waals surface area contributed by atoms with Crippen LogP contribution in [-0.4, -0.2) is 93.3 Å². The van der Waals surface area contributed by atoms with Crippen molar-refractivity contribution in [1.82, 2.24) is 14.7 Å². The lowest BCUT2D eigenvalue weighted by Crippen LogP contribution is -2.46. The molecule has 0 saturated carbocycles. The third kappa shape index (κ3) is 5.96. The van der Waals surface area contributed by atoms with Crippen molar-refractivity contribution in [2.75, 3.05) is 66.6 Å². The third-order valence-corrected chi connectivity index (χ3v) is 6.41. The summed E-state index contributed by atoms with van der Waals surface area (Å²) in [5.41, 5.74) is 0. The maximum atomic E-state index is 13.3. The van der Waals surface area contributed by atoms with E-state index >= 15 is 0 Å². The van der Waals surface area contributed by atoms with Crippen molar-refractivity contribution in [3.63, 3.8) is 0 Å². The van der Waals surface area contributed by atoms with E-state index in [-0.39, 0.29) is 5.91 Å².